The molecule has 0 saturated heterocycles. The molecule has 1 amide bonds. The number of imidazole rings is 1. The van der Waals surface area contributed by atoms with Crippen LogP contribution in [0.5, 0.6) is 0 Å². The maximum atomic E-state index is 12.2. The molecule has 0 fully saturated rings. The quantitative estimate of drug-likeness (QED) is 0.681. The molecular formula is C17H16ClN3OS. The van der Waals surface area contributed by atoms with Crippen molar-refractivity contribution in [2.45, 2.75) is 19.0 Å². The van der Waals surface area contributed by atoms with E-state index in [0.29, 0.717) is 10.7 Å². The molecule has 0 aliphatic rings. The number of aromatic nitrogens is 2. The Bertz CT molecular complexity index is 819. The van der Waals surface area contributed by atoms with Crippen LogP contribution in [0.4, 0.5) is 5.69 Å². The Hall–Kier alpha value is -1.98. The van der Waals surface area contributed by atoms with Crippen molar-refractivity contribution < 1.29 is 4.79 Å². The lowest BCUT2D eigenvalue weighted by Crippen LogP contribution is -2.15. The minimum absolute atomic E-state index is 0.107. The number of benzene rings is 2. The molecule has 3 aromatic rings. The number of nitrogens with one attached hydrogen (secondary N) is 2. The van der Waals surface area contributed by atoms with E-state index in [1.54, 1.807) is 0 Å². The number of hydrogen-bond donors (Lipinski definition) is 2. The van der Waals surface area contributed by atoms with Crippen molar-refractivity contribution in [1.82, 2.24) is 9.97 Å². The molecule has 1 aromatic heterocycles. The number of thioether (sulfide) groups is 1. The number of amides is 1. The molecule has 0 aliphatic carbocycles. The molecule has 0 bridgehead atoms. The van der Waals surface area contributed by atoms with Crippen molar-refractivity contribution in [2.75, 3.05) is 11.1 Å². The number of para-hydroxylation sites is 2. The summed E-state index contributed by atoms with van der Waals surface area (Å²) in [5, 5.41) is 4.17. The van der Waals surface area contributed by atoms with Crippen molar-refractivity contribution in [2.24, 2.45) is 0 Å². The molecule has 0 unspecified atom stereocenters. The predicted molar refractivity (Wildman–Crippen MR) is 96.4 cm³/mol. The summed E-state index contributed by atoms with van der Waals surface area (Å²) in [6.45, 7) is 3.91. The molecule has 3 rings (SSSR count). The summed E-state index contributed by atoms with van der Waals surface area (Å²) < 4.78 is 0. The number of rotatable bonds is 4. The molecule has 0 saturated carbocycles. The van der Waals surface area contributed by atoms with Crippen LogP contribution in [0.1, 0.15) is 11.1 Å². The Labute approximate surface area is 143 Å². The molecule has 118 valence electrons. The molecule has 23 heavy (non-hydrogen) atoms. The lowest BCUT2D eigenvalue weighted by atomic mass is 10.1. The van der Waals surface area contributed by atoms with Gasteiger partial charge < -0.3 is 10.3 Å². The van der Waals surface area contributed by atoms with Gasteiger partial charge in [0.05, 0.1) is 27.5 Å². The van der Waals surface area contributed by atoms with E-state index in [-0.39, 0.29) is 11.7 Å². The Morgan fingerprint density at radius 3 is 2.83 bits per heavy atom. The highest BCUT2D eigenvalue weighted by atomic mass is 35.5. The highest BCUT2D eigenvalue weighted by molar-refractivity contribution is 7.99. The van der Waals surface area contributed by atoms with Crippen molar-refractivity contribution in [3.05, 3.63) is 52.5 Å². The van der Waals surface area contributed by atoms with Gasteiger partial charge in [-0.3, -0.25) is 4.79 Å². The summed E-state index contributed by atoms with van der Waals surface area (Å²) in [7, 11) is 0. The number of aryl methyl sites for hydroxylation is 2. The SMILES string of the molecule is Cc1cc(C)c(NC(=O)CSc2nc3ccccc3[nH]2)c(Cl)c1. The Morgan fingerprint density at radius 1 is 1.30 bits per heavy atom. The van der Waals surface area contributed by atoms with Crippen LogP contribution in [0.3, 0.4) is 0 Å². The maximum Gasteiger partial charge on any atom is 0.234 e. The van der Waals surface area contributed by atoms with Gasteiger partial charge in [0.1, 0.15) is 0 Å². The summed E-state index contributed by atoms with van der Waals surface area (Å²) in [5.41, 5.74) is 4.56. The molecule has 6 heteroatoms. The fourth-order valence-electron chi connectivity index (χ4n) is 2.38. The summed E-state index contributed by atoms with van der Waals surface area (Å²) in [6.07, 6.45) is 0. The van der Waals surface area contributed by atoms with Gasteiger partial charge in [-0.1, -0.05) is 41.6 Å². The third kappa shape index (κ3) is 3.68. The molecule has 4 nitrogen and oxygen atoms in total. The van der Waals surface area contributed by atoms with E-state index in [2.05, 4.69) is 15.3 Å². The second-order valence-electron chi connectivity index (χ2n) is 5.33. The minimum Gasteiger partial charge on any atom is -0.333 e. The summed E-state index contributed by atoms with van der Waals surface area (Å²) in [4.78, 5) is 19.8. The average Bonchev–Trinajstić information content (AvgIpc) is 2.91. The Balaban J connectivity index is 1.66. The van der Waals surface area contributed by atoms with Crippen LogP contribution >= 0.6 is 23.4 Å². The molecule has 0 spiro atoms. The van der Waals surface area contributed by atoms with Crippen LogP contribution in [-0.4, -0.2) is 21.6 Å². The van der Waals surface area contributed by atoms with Gasteiger partial charge in [-0.2, -0.15) is 0 Å². The zero-order valence-electron chi connectivity index (χ0n) is 12.8. The molecular weight excluding hydrogens is 330 g/mol. The Kier molecular flexibility index (Phi) is 4.59. The van der Waals surface area contributed by atoms with E-state index in [4.69, 9.17) is 11.6 Å². The minimum atomic E-state index is -0.107. The Morgan fingerprint density at radius 2 is 2.09 bits per heavy atom. The number of anilines is 1. The first kappa shape index (κ1) is 15.9. The topological polar surface area (TPSA) is 57.8 Å². The van der Waals surface area contributed by atoms with Gasteiger partial charge in [-0.25, -0.2) is 4.98 Å². The summed E-state index contributed by atoms with van der Waals surface area (Å²) in [6, 6.07) is 11.6. The zero-order chi connectivity index (χ0) is 16.4. The molecule has 0 atom stereocenters. The third-order valence-electron chi connectivity index (χ3n) is 3.40. The number of carbonyl (C=O) groups is 1. The van der Waals surface area contributed by atoms with Crippen LogP contribution in [0.25, 0.3) is 11.0 Å². The van der Waals surface area contributed by atoms with Gasteiger partial charge >= 0.3 is 0 Å². The summed E-state index contributed by atoms with van der Waals surface area (Å²) >= 11 is 7.58. The molecule has 0 aliphatic heterocycles. The number of halogens is 1. The lowest BCUT2D eigenvalue weighted by Gasteiger charge is -2.11. The van der Waals surface area contributed by atoms with Crippen molar-refractivity contribution in [3.63, 3.8) is 0 Å². The van der Waals surface area contributed by atoms with E-state index in [9.17, 15) is 4.79 Å². The number of carbonyl (C=O) groups excluding carboxylic acids is 1. The third-order valence-corrected chi connectivity index (χ3v) is 4.58. The van der Waals surface area contributed by atoms with Crippen LogP contribution in [0.2, 0.25) is 5.02 Å². The van der Waals surface area contributed by atoms with E-state index in [1.165, 1.54) is 11.8 Å². The normalized spacial score (nSPS) is 10.9. The van der Waals surface area contributed by atoms with Gasteiger partial charge in [-0.05, 0) is 43.2 Å². The number of fused-ring (bicyclic) bond motifs is 1. The number of aromatic amines is 1. The number of nitrogens with zero attached hydrogens (tertiary/aromatic N) is 1. The summed E-state index contributed by atoms with van der Waals surface area (Å²) in [5.74, 6) is 0.160. The number of hydrogen-bond acceptors (Lipinski definition) is 3. The van der Waals surface area contributed by atoms with Gasteiger partial charge in [0, 0.05) is 0 Å². The first-order chi connectivity index (χ1) is 11.0. The average molecular weight is 346 g/mol. The highest BCUT2D eigenvalue weighted by Crippen LogP contribution is 2.28. The fraction of sp³-hybridized carbons (Fsp3) is 0.176. The largest absolute Gasteiger partial charge is 0.333 e. The monoisotopic (exact) mass is 345 g/mol. The van der Waals surface area contributed by atoms with Crippen molar-refractivity contribution >= 4 is 46.0 Å². The van der Waals surface area contributed by atoms with Crippen LogP contribution in [0, 0.1) is 13.8 Å². The van der Waals surface area contributed by atoms with Crippen LogP contribution in [-0.2, 0) is 4.79 Å². The fourth-order valence-corrected chi connectivity index (χ4v) is 3.43. The van der Waals surface area contributed by atoms with Crippen LogP contribution in [0.15, 0.2) is 41.6 Å². The second kappa shape index (κ2) is 6.64. The van der Waals surface area contributed by atoms with Gasteiger partial charge in [0.15, 0.2) is 5.16 Å². The first-order valence-corrected chi connectivity index (χ1v) is 8.53. The van der Waals surface area contributed by atoms with Gasteiger partial charge in [0.2, 0.25) is 5.91 Å². The van der Waals surface area contributed by atoms with Gasteiger partial charge in [-0.15, -0.1) is 0 Å². The molecule has 0 radical (unpaired) electrons. The maximum absolute atomic E-state index is 12.2. The van der Waals surface area contributed by atoms with E-state index < -0.39 is 0 Å². The lowest BCUT2D eigenvalue weighted by molar-refractivity contribution is -0.113. The smallest absolute Gasteiger partial charge is 0.234 e. The standard InChI is InChI=1S/C17H16ClN3OS/c1-10-7-11(2)16(12(18)8-10)21-15(22)9-23-17-19-13-5-3-4-6-14(13)20-17/h3-8H,9H2,1-2H3,(H,19,20)(H,21,22). The molecule has 2 aromatic carbocycles. The van der Waals surface area contributed by atoms with Gasteiger partial charge in [0.25, 0.3) is 0 Å². The van der Waals surface area contributed by atoms with E-state index >= 15 is 0 Å². The van der Waals surface area contributed by atoms with E-state index in [0.717, 1.165) is 27.3 Å². The molecule has 1 heterocycles. The van der Waals surface area contributed by atoms with Crippen molar-refractivity contribution in [1.29, 1.82) is 0 Å². The number of H-pyrrole nitrogens is 1. The highest BCUT2D eigenvalue weighted by Gasteiger charge is 2.11. The zero-order valence-corrected chi connectivity index (χ0v) is 14.4. The van der Waals surface area contributed by atoms with Crippen molar-refractivity contribution in [3.8, 4) is 0 Å². The molecule has 2 N–H and O–H groups in total. The van der Waals surface area contributed by atoms with E-state index in [1.807, 2.05) is 50.2 Å². The second-order valence-corrected chi connectivity index (χ2v) is 6.71. The van der Waals surface area contributed by atoms with Crippen LogP contribution < -0.4 is 5.32 Å². The first-order valence-electron chi connectivity index (χ1n) is 7.17. The predicted octanol–water partition coefficient (Wildman–Crippen LogP) is 4.56.